The Balaban J connectivity index is 2.11. The summed E-state index contributed by atoms with van der Waals surface area (Å²) in [5.41, 5.74) is 0. The first-order valence-corrected chi connectivity index (χ1v) is 4.90. The summed E-state index contributed by atoms with van der Waals surface area (Å²) in [5.74, 6) is 1.17. The smallest absolute Gasteiger partial charge is 0.147 e. The number of nitrogens with zero attached hydrogens (tertiary/aromatic N) is 3. The molecule has 1 saturated heterocycles. The molecule has 1 aliphatic rings. The molecule has 0 spiro atoms. The van der Waals surface area contributed by atoms with Crippen molar-refractivity contribution in [1.29, 1.82) is 0 Å². The van der Waals surface area contributed by atoms with Crippen LogP contribution in [0.3, 0.4) is 0 Å². The SMILES string of the molecule is CC1CC(F)CN(c2cnccn2)C1. The highest BCUT2D eigenvalue weighted by atomic mass is 19.1. The Labute approximate surface area is 83.0 Å². The van der Waals surface area contributed by atoms with Crippen molar-refractivity contribution in [2.24, 2.45) is 5.92 Å². The van der Waals surface area contributed by atoms with E-state index < -0.39 is 6.17 Å². The van der Waals surface area contributed by atoms with Crippen molar-refractivity contribution >= 4 is 5.82 Å². The highest BCUT2D eigenvalue weighted by molar-refractivity contribution is 5.36. The van der Waals surface area contributed by atoms with Gasteiger partial charge in [-0.2, -0.15) is 0 Å². The molecule has 1 aromatic heterocycles. The first-order valence-electron chi connectivity index (χ1n) is 4.90. The average Bonchev–Trinajstić information content (AvgIpc) is 2.18. The van der Waals surface area contributed by atoms with Crippen LogP contribution in [-0.4, -0.2) is 29.2 Å². The zero-order chi connectivity index (χ0) is 9.97. The van der Waals surface area contributed by atoms with Gasteiger partial charge < -0.3 is 4.90 Å². The molecule has 0 aliphatic carbocycles. The van der Waals surface area contributed by atoms with Crippen molar-refractivity contribution in [3.8, 4) is 0 Å². The van der Waals surface area contributed by atoms with Crippen LogP contribution in [0.25, 0.3) is 0 Å². The predicted molar refractivity (Wildman–Crippen MR) is 52.9 cm³/mol. The highest BCUT2D eigenvalue weighted by Gasteiger charge is 2.24. The summed E-state index contributed by atoms with van der Waals surface area (Å²) in [6.07, 6.45) is 4.88. The number of halogens is 1. The van der Waals surface area contributed by atoms with E-state index in [4.69, 9.17) is 0 Å². The molecule has 3 nitrogen and oxygen atoms in total. The Morgan fingerprint density at radius 3 is 2.93 bits per heavy atom. The molecule has 2 unspecified atom stereocenters. The van der Waals surface area contributed by atoms with E-state index in [-0.39, 0.29) is 0 Å². The van der Waals surface area contributed by atoms with Crippen LogP contribution in [0, 0.1) is 5.92 Å². The number of hydrogen-bond acceptors (Lipinski definition) is 3. The number of alkyl halides is 1. The molecule has 14 heavy (non-hydrogen) atoms. The van der Waals surface area contributed by atoms with Gasteiger partial charge in [0.15, 0.2) is 0 Å². The minimum Gasteiger partial charge on any atom is -0.352 e. The molecule has 76 valence electrons. The van der Waals surface area contributed by atoms with Crippen LogP contribution in [-0.2, 0) is 0 Å². The summed E-state index contributed by atoms with van der Waals surface area (Å²) in [6, 6.07) is 0. The van der Waals surface area contributed by atoms with Crippen molar-refractivity contribution in [2.75, 3.05) is 18.0 Å². The quantitative estimate of drug-likeness (QED) is 0.682. The second-order valence-electron chi connectivity index (χ2n) is 3.91. The van der Waals surface area contributed by atoms with Gasteiger partial charge in [-0.25, -0.2) is 9.37 Å². The third kappa shape index (κ3) is 2.00. The van der Waals surface area contributed by atoms with Gasteiger partial charge in [0.05, 0.1) is 12.7 Å². The molecule has 0 amide bonds. The van der Waals surface area contributed by atoms with Gasteiger partial charge in [-0.3, -0.25) is 4.98 Å². The third-order valence-electron chi connectivity index (χ3n) is 2.48. The molecule has 0 saturated carbocycles. The second kappa shape index (κ2) is 3.90. The van der Waals surface area contributed by atoms with Crippen LogP contribution >= 0.6 is 0 Å². The van der Waals surface area contributed by atoms with Gasteiger partial charge in [-0.1, -0.05) is 6.92 Å². The lowest BCUT2D eigenvalue weighted by molar-refractivity contribution is 0.245. The largest absolute Gasteiger partial charge is 0.352 e. The van der Waals surface area contributed by atoms with E-state index in [0.717, 1.165) is 12.4 Å². The zero-order valence-electron chi connectivity index (χ0n) is 8.23. The summed E-state index contributed by atoms with van der Waals surface area (Å²) >= 11 is 0. The minimum atomic E-state index is -0.735. The summed E-state index contributed by atoms with van der Waals surface area (Å²) in [5, 5.41) is 0. The molecule has 0 N–H and O–H groups in total. The molecular formula is C10H14FN3. The number of rotatable bonds is 1. The Bertz CT molecular complexity index is 281. The van der Waals surface area contributed by atoms with Crippen LogP contribution < -0.4 is 4.90 Å². The van der Waals surface area contributed by atoms with E-state index in [1.165, 1.54) is 0 Å². The third-order valence-corrected chi connectivity index (χ3v) is 2.48. The van der Waals surface area contributed by atoms with E-state index in [9.17, 15) is 4.39 Å². The molecule has 1 fully saturated rings. The number of anilines is 1. The van der Waals surface area contributed by atoms with Gasteiger partial charge in [-0.15, -0.1) is 0 Å². The van der Waals surface area contributed by atoms with Gasteiger partial charge >= 0.3 is 0 Å². The van der Waals surface area contributed by atoms with E-state index in [1.54, 1.807) is 18.6 Å². The van der Waals surface area contributed by atoms with Gasteiger partial charge in [0.1, 0.15) is 12.0 Å². The topological polar surface area (TPSA) is 29.0 Å². The van der Waals surface area contributed by atoms with Gasteiger partial charge in [-0.05, 0) is 12.3 Å². The number of hydrogen-bond donors (Lipinski definition) is 0. The summed E-state index contributed by atoms with van der Waals surface area (Å²) < 4.78 is 13.3. The van der Waals surface area contributed by atoms with E-state index in [0.29, 0.717) is 18.9 Å². The fourth-order valence-electron chi connectivity index (χ4n) is 1.92. The van der Waals surface area contributed by atoms with E-state index in [2.05, 4.69) is 16.9 Å². The lowest BCUT2D eigenvalue weighted by atomic mass is 9.99. The lowest BCUT2D eigenvalue weighted by Crippen LogP contribution is -2.41. The summed E-state index contributed by atoms with van der Waals surface area (Å²) in [6.45, 7) is 3.39. The minimum absolute atomic E-state index is 0.390. The second-order valence-corrected chi connectivity index (χ2v) is 3.91. The van der Waals surface area contributed by atoms with Crippen LogP contribution in [0.4, 0.5) is 10.2 Å². The van der Waals surface area contributed by atoms with Gasteiger partial charge in [0, 0.05) is 18.9 Å². The maximum atomic E-state index is 13.3. The van der Waals surface area contributed by atoms with Crippen LogP contribution in [0.1, 0.15) is 13.3 Å². The highest BCUT2D eigenvalue weighted by Crippen LogP contribution is 2.22. The maximum Gasteiger partial charge on any atom is 0.147 e. The fraction of sp³-hybridized carbons (Fsp3) is 0.600. The number of piperidine rings is 1. The average molecular weight is 195 g/mol. The Kier molecular flexibility index (Phi) is 2.61. The van der Waals surface area contributed by atoms with Gasteiger partial charge in [0.2, 0.25) is 0 Å². The van der Waals surface area contributed by atoms with Crippen molar-refractivity contribution < 1.29 is 4.39 Å². The molecule has 2 atom stereocenters. The van der Waals surface area contributed by atoms with E-state index in [1.807, 2.05) is 4.90 Å². The fourth-order valence-corrected chi connectivity index (χ4v) is 1.92. The Morgan fingerprint density at radius 2 is 2.29 bits per heavy atom. The molecular weight excluding hydrogens is 181 g/mol. The molecule has 1 aromatic rings. The van der Waals surface area contributed by atoms with Crippen LogP contribution in [0.2, 0.25) is 0 Å². The molecule has 4 heteroatoms. The zero-order valence-corrected chi connectivity index (χ0v) is 8.23. The molecule has 0 radical (unpaired) electrons. The first-order chi connectivity index (χ1) is 6.75. The molecule has 1 aliphatic heterocycles. The van der Waals surface area contributed by atoms with Crippen molar-refractivity contribution in [2.45, 2.75) is 19.5 Å². The Hall–Kier alpha value is -1.19. The molecule has 0 bridgehead atoms. The van der Waals surface area contributed by atoms with Crippen molar-refractivity contribution in [3.63, 3.8) is 0 Å². The molecule has 2 rings (SSSR count). The van der Waals surface area contributed by atoms with Crippen LogP contribution in [0.15, 0.2) is 18.6 Å². The Morgan fingerprint density at radius 1 is 1.43 bits per heavy atom. The van der Waals surface area contributed by atoms with Crippen molar-refractivity contribution in [1.82, 2.24) is 9.97 Å². The molecule has 2 heterocycles. The number of aromatic nitrogens is 2. The van der Waals surface area contributed by atoms with Crippen molar-refractivity contribution in [3.05, 3.63) is 18.6 Å². The predicted octanol–water partition coefficient (Wildman–Crippen LogP) is 1.66. The normalized spacial score (nSPS) is 27.7. The standard InChI is InChI=1S/C10H14FN3/c1-8-4-9(11)7-14(6-8)10-5-12-2-3-13-10/h2-3,5,8-9H,4,6-7H2,1H3. The van der Waals surface area contributed by atoms with Gasteiger partial charge in [0.25, 0.3) is 0 Å². The summed E-state index contributed by atoms with van der Waals surface area (Å²) in [7, 11) is 0. The first kappa shape index (κ1) is 9.37. The van der Waals surface area contributed by atoms with Crippen LogP contribution in [0.5, 0.6) is 0 Å². The lowest BCUT2D eigenvalue weighted by Gasteiger charge is -2.33. The monoisotopic (exact) mass is 195 g/mol. The maximum absolute atomic E-state index is 13.3. The van der Waals surface area contributed by atoms with E-state index >= 15 is 0 Å². The summed E-state index contributed by atoms with van der Waals surface area (Å²) in [4.78, 5) is 10.1. The molecule has 0 aromatic carbocycles.